The van der Waals surface area contributed by atoms with E-state index in [9.17, 15) is 4.79 Å². The zero-order valence-electron chi connectivity index (χ0n) is 15.6. The third-order valence-electron chi connectivity index (χ3n) is 4.48. The number of aryl methyl sites for hydroxylation is 1. The van der Waals surface area contributed by atoms with Crippen molar-refractivity contribution < 1.29 is 4.79 Å². The van der Waals surface area contributed by atoms with Gasteiger partial charge in [0.05, 0.1) is 20.6 Å². The quantitative estimate of drug-likeness (QED) is 0.530. The summed E-state index contributed by atoms with van der Waals surface area (Å²) in [4.78, 5) is 21.5. The number of nitrogens with one attached hydrogen (secondary N) is 1. The summed E-state index contributed by atoms with van der Waals surface area (Å²) in [5.74, 6) is -0.194. The topological polar surface area (TPSA) is 59.3 Å². The Kier molecular flexibility index (Phi) is 5.50. The fourth-order valence-electron chi connectivity index (χ4n) is 3.13. The number of rotatable bonds is 3. The van der Waals surface area contributed by atoms with Crippen molar-refractivity contribution in [3.8, 4) is 5.69 Å². The summed E-state index contributed by atoms with van der Waals surface area (Å²) in [6.07, 6.45) is 5.40. The minimum Gasteiger partial charge on any atom is -0.318 e. The average Bonchev–Trinajstić information content (AvgIpc) is 3.18. The molecule has 1 aliphatic heterocycles. The predicted molar refractivity (Wildman–Crippen MR) is 120 cm³/mol. The van der Waals surface area contributed by atoms with Crippen LogP contribution in [0.3, 0.4) is 0 Å². The molecule has 8 heteroatoms. The Hall–Kier alpha value is -2.54. The molecule has 3 aromatic rings. The third kappa shape index (κ3) is 3.96. The van der Waals surface area contributed by atoms with Gasteiger partial charge in [-0.25, -0.2) is 4.99 Å². The van der Waals surface area contributed by atoms with Crippen molar-refractivity contribution in [2.24, 2.45) is 4.99 Å². The van der Waals surface area contributed by atoms with E-state index in [1.807, 2.05) is 32.1 Å². The van der Waals surface area contributed by atoms with Crippen LogP contribution in [0.2, 0.25) is 10.0 Å². The molecule has 0 saturated carbocycles. The van der Waals surface area contributed by atoms with Crippen LogP contribution < -0.4 is 5.32 Å². The Morgan fingerprint density at radius 2 is 1.93 bits per heavy atom. The second-order valence-corrected chi connectivity index (χ2v) is 8.24. The molecule has 4 rings (SSSR count). The van der Waals surface area contributed by atoms with Gasteiger partial charge < -0.3 is 9.88 Å². The summed E-state index contributed by atoms with van der Waals surface area (Å²) in [5.41, 5.74) is 4.63. The summed E-state index contributed by atoms with van der Waals surface area (Å²) in [6, 6.07) is 11.2. The second-order valence-electron chi connectivity index (χ2n) is 6.42. The maximum Gasteiger partial charge on any atom is 0.264 e. The molecule has 1 saturated heterocycles. The van der Waals surface area contributed by atoms with Crippen LogP contribution in [0.1, 0.15) is 17.0 Å². The molecule has 3 heterocycles. The molecule has 0 atom stereocenters. The lowest BCUT2D eigenvalue weighted by molar-refractivity contribution is -0.115. The minimum absolute atomic E-state index is 0.194. The van der Waals surface area contributed by atoms with E-state index < -0.39 is 0 Å². The molecule has 0 radical (unpaired) electrons. The molecule has 1 aromatic carbocycles. The van der Waals surface area contributed by atoms with Gasteiger partial charge in [0.1, 0.15) is 0 Å². The van der Waals surface area contributed by atoms with Crippen LogP contribution in [-0.2, 0) is 4.79 Å². The van der Waals surface area contributed by atoms with Crippen LogP contribution in [-0.4, -0.2) is 20.6 Å². The van der Waals surface area contributed by atoms with Crippen molar-refractivity contribution in [2.75, 3.05) is 0 Å². The molecule has 1 N–H and O–H groups in total. The maximum absolute atomic E-state index is 12.4. The number of amides is 1. The van der Waals surface area contributed by atoms with Crippen molar-refractivity contribution in [3.63, 3.8) is 0 Å². The molecule has 29 heavy (non-hydrogen) atoms. The molecule has 5 nitrogen and oxygen atoms in total. The third-order valence-corrected chi connectivity index (χ3v) is 6.20. The van der Waals surface area contributed by atoms with Gasteiger partial charge in [0.15, 0.2) is 5.17 Å². The highest BCUT2D eigenvalue weighted by Gasteiger charge is 2.25. The van der Waals surface area contributed by atoms with Gasteiger partial charge in [-0.05, 0) is 67.6 Å². The van der Waals surface area contributed by atoms with Gasteiger partial charge in [-0.1, -0.05) is 29.3 Å². The first-order valence-electron chi connectivity index (χ1n) is 8.77. The SMILES string of the molecule is Cc1cc(C=C2SC(=Nc3cccc(Cl)c3Cl)NC2=O)c(C)n1-c1ccncc1. The molecular weight excluding hydrogens is 427 g/mol. The molecule has 146 valence electrons. The highest BCUT2D eigenvalue weighted by atomic mass is 35.5. The van der Waals surface area contributed by atoms with Gasteiger partial charge in [-0.2, -0.15) is 0 Å². The predicted octanol–water partition coefficient (Wildman–Crippen LogP) is 5.69. The number of thioether (sulfide) groups is 1. The van der Waals surface area contributed by atoms with Crippen molar-refractivity contribution in [1.82, 2.24) is 14.9 Å². The number of halogens is 2. The number of aliphatic imine (C=N–C) groups is 1. The molecule has 1 fully saturated rings. The van der Waals surface area contributed by atoms with Gasteiger partial charge in [-0.15, -0.1) is 0 Å². The van der Waals surface area contributed by atoms with E-state index in [1.165, 1.54) is 11.8 Å². The van der Waals surface area contributed by atoms with Crippen molar-refractivity contribution >= 4 is 57.8 Å². The lowest BCUT2D eigenvalue weighted by atomic mass is 10.2. The van der Waals surface area contributed by atoms with Gasteiger partial charge in [-0.3, -0.25) is 9.78 Å². The first-order chi connectivity index (χ1) is 13.9. The standard InChI is InChI=1S/C21H16Cl2N4OS/c1-12-10-14(13(2)27(12)15-6-8-24-9-7-15)11-18-20(28)26-21(29-18)25-17-5-3-4-16(22)19(17)23/h3-11H,1-2H3,(H,25,26,28). The smallest absolute Gasteiger partial charge is 0.264 e. The van der Waals surface area contributed by atoms with Gasteiger partial charge in [0.2, 0.25) is 0 Å². The zero-order valence-corrected chi connectivity index (χ0v) is 17.9. The second kappa shape index (κ2) is 8.06. The summed E-state index contributed by atoms with van der Waals surface area (Å²) in [6.45, 7) is 4.06. The summed E-state index contributed by atoms with van der Waals surface area (Å²) in [7, 11) is 0. The van der Waals surface area contributed by atoms with Gasteiger partial charge in [0, 0.05) is 29.5 Å². The number of hydrogen-bond donors (Lipinski definition) is 1. The number of hydrogen-bond acceptors (Lipinski definition) is 4. The van der Waals surface area contributed by atoms with Crippen LogP contribution in [0.15, 0.2) is 58.7 Å². The number of nitrogens with zero attached hydrogens (tertiary/aromatic N) is 3. The Bertz CT molecular complexity index is 1170. The van der Waals surface area contributed by atoms with E-state index in [4.69, 9.17) is 23.2 Å². The molecule has 1 amide bonds. The lowest BCUT2D eigenvalue weighted by Gasteiger charge is -2.08. The van der Waals surface area contributed by atoms with Gasteiger partial charge >= 0.3 is 0 Å². The maximum atomic E-state index is 12.4. The van der Waals surface area contributed by atoms with Crippen LogP contribution >= 0.6 is 35.0 Å². The van der Waals surface area contributed by atoms with E-state index in [0.29, 0.717) is 25.8 Å². The van der Waals surface area contributed by atoms with Crippen molar-refractivity contribution in [1.29, 1.82) is 0 Å². The summed E-state index contributed by atoms with van der Waals surface area (Å²) >= 11 is 13.5. The molecule has 0 bridgehead atoms. The first kappa shape index (κ1) is 19.8. The van der Waals surface area contributed by atoms with E-state index in [1.54, 1.807) is 30.6 Å². The normalized spacial score (nSPS) is 16.6. The lowest BCUT2D eigenvalue weighted by Crippen LogP contribution is -2.19. The Morgan fingerprint density at radius 1 is 1.17 bits per heavy atom. The fourth-order valence-corrected chi connectivity index (χ4v) is 4.30. The molecule has 1 aliphatic rings. The Morgan fingerprint density at radius 3 is 2.69 bits per heavy atom. The van der Waals surface area contributed by atoms with Crippen LogP contribution in [0, 0.1) is 13.8 Å². The van der Waals surface area contributed by atoms with Crippen LogP contribution in [0.25, 0.3) is 11.8 Å². The molecule has 0 unspecified atom stereocenters. The van der Waals surface area contributed by atoms with Crippen molar-refractivity contribution in [2.45, 2.75) is 13.8 Å². The van der Waals surface area contributed by atoms with E-state index >= 15 is 0 Å². The number of carbonyl (C=O) groups is 1. The fraction of sp³-hybridized carbons (Fsp3) is 0.0952. The van der Waals surface area contributed by atoms with E-state index in [0.717, 1.165) is 22.6 Å². The summed E-state index contributed by atoms with van der Waals surface area (Å²) < 4.78 is 2.13. The van der Waals surface area contributed by atoms with E-state index in [-0.39, 0.29) is 5.91 Å². The molecule has 0 spiro atoms. The Labute approximate surface area is 182 Å². The first-order valence-corrected chi connectivity index (χ1v) is 10.3. The van der Waals surface area contributed by atoms with Crippen molar-refractivity contribution in [3.05, 3.63) is 80.7 Å². The number of carbonyl (C=O) groups excluding carboxylic acids is 1. The van der Waals surface area contributed by atoms with Gasteiger partial charge in [0.25, 0.3) is 5.91 Å². The highest BCUT2D eigenvalue weighted by molar-refractivity contribution is 8.18. The number of benzene rings is 1. The molecular formula is C21H16Cl2N4OS. The number of pyridine rings is 1. The molecule has 2 aromatic heterocycles. The monoisotopic (exact) mass is 442 g/mol. The Balaban J connectivity index is 1.65. The minimum atomic E-state index is -0.194. The zero-order chi connectivity index (χ0) is 20.5. The summed E-state index contributed by atoms with van der Waals surface area (Å²) in [5, 5.41) is 4.02. The van der Waals surface area contributed by atoms with E-state index in [2.05, 4.69) is 25.9 Å². The molecule has 0 aliphatic carbocycles. The highest BCUT2D eigenvalue weighted by Crippen LogP contribution is 2.35. The number of aromatic nitrogens is 2. The number of amidine groups is 1. The largest absolute Gasteiger partial charge is 0.318 e. The van der Waals surface area contributed by atoms with Crippen LogP contribution in [0.5, 0.6) is 0 Å². The average molecular weight is 443 g/mol. The van der Waals surface area contributed by atoms with Crippen LogP contribution in [0.4, 0.5) is 5.69 Å².